The Balaban J connectivity index is 1.32. The van der Waals surface area contributed by atoms with Gasteiger partial charge in [0, 0.05) is 18.0 Å². The number of aromatic nitrogens is 2. The Bertz CT molecular complexity index is 1210. The Morgan fingerprint density at radius 2 is 2.15 bits per heavy atom. The maximum atomic E-state index is 13.5. The van der Waals surface area contributed by atoms with Gasteiger partial charge in [-0.05, 0) is 55.4 Å². The number of amides is 1. The number of nitrogens with one attached hydrogen (secondary N) is 1. The van der Waals surface area contributed by atoms with Gasteiger partial charge in [0.1, 0.15) is 10.6 Å². The van der Waals surface area contributed by atoms with Crippen molar-refractivity contribution in [3.05, 3.63) is 50.6 Å². The number of benzene rings is 1. The fraction of sp³-hybridized carbons (Fsp3) is 0.458. The van der Waals surface area contributed by atoms with E-state index < -0.39 is 0 Å². The Labute approximate surface area is 200 Å². The van der Waals surface area contributed by atoms with Crippen LogP contribution in [0.2, 0.25) is 0 Å². The zero-order valence-corrected chi connectivity index (χ0v) is 20.2. The highest BCUT2D eigenvalue weighted by molar-refractivity contribution is 7.99. The van der Waals surface area contributed by atoms with E-state index in [1.807, 2.05) is 24.3 Å². The fourth-order valence-corrected chi connectivity index (χ4v) is 6.59. The molecule has 1 aromatic carbocycles. The summed E-state index contributed by atoms with van der Waals surface area (Å²) >= 11 is 2.95. The lowest BCUT2D eigenvalue weighted by molar-refractivity contribution is -0.118. The van der Waals surface area contributed by atoms with Gasteiger partial charge < -0.3 is 14.8 Å². The third-order valence-electron chi connectivity index (χ3n) is 6.18. The van der Waals surface area contributed by atoms with E-state index in [9.17, 15) is 9.59 Å². The van der Waals surface area contributed by atoms with E-state index in [1.54, 1.807) is 23.0 Å². The van der Waals surface area contributed by atoms with Crippen LogP contribution in [0.1, 0.15) is 35.3 Å². The van der Waals surface area contributed by atoms with Gasteiger partial charge in [-0.15, -0.1) is 11.3 Å². The standard InChI is InChI=1S/C24H27N3O4S2/c1-30-16-9-7-15(8-10-16)12-25-20(28)14-32-24-26-22-21(18-5-2-6-19(18)33-22)23(29)27(24)13-17-4-3-11-31-17/h7-10,17H,2-6,11-14H2,1H3,(H,25,28). The molecule has 0 bridgehead atoms. The topological polar surface area (TPSA) is 82.5 Å². The molecule has 0 radical (unpaired) electrons. The van der Waals surface area contributed by atoms with E-state index in [0.29, 0.717) is 18.2 Å². The molecule has 0 saturated carbocycles. The molecule has 1 N–H and O–H groups in total. The molecule has 7 nitrogen and oxygen atoms in total. The number of thioether (sulfide) groups is 1. The molecule has 0 spiro atoms. The van der Waals surface area contributed by atoms with Crippen molar-refractivity contribution in [3.63, 3.8) is 0 Å². The van der Waals surface area contributed by atoms with E-state index in [4.69, 9.17) is 14.5 Å². The number of hydrogen-bond acceptors (Lipinski definition) is 7. The van der Waals surface area contributed by atoms with Crippen LogP contribution in [0.5, 0.6) is 5.75 Å². The van der Waals surface area contributed by atoms with Crippen LogP contribution in [-0.2, 0) is 35.5 Å². The van der Waals surface area contributed by atoms with E-state index in [-0.39, 0.29) is 23.3 Å². The van der Waals surface area contributed by atoms with Crippen LogP contribution in [0.25, 0.3) is 10.2 Å². The summed E-state index contributed by atoms with van der Waals surface area (Å²) in [6.45, 7) is 1.66. The van der Waals surface area contributed by atoms with Gasteiger partial charge in [-0.2, -0.15) is 0 Å². The predicted molar refractivity (Wildman–Crippen MR) is 130 cm³/mol. The van der Waals surface area contributed by atoms with Crippen molar-refractivity contribution in [2.75, 3.05) is 19.5 Å². The number of hydrogen-bond donors (Lipinski definition) is 1. The summed E-state index contributed by atoms with van der Waals surface area (Å²) in [5.41, 5.74) is 2.19. The minimum atomic E-state index is -0.0949. The molecule has 3 aromatic rings. The molecule has 2 aromatic heterocycles. The Morgan fingerprint density at radius 1 is 1.30 bits per heavy atom. The molecule has 1 unspecified atom stereocenters. The third-order valence-corrected chi connectivity index (χ3v) is 8.34. The lowest BCUT2D eigenvalue weighted by Gasteiger charge is -2.16. The van der Waals surface area contributed by atoms with Crippen LogP contribution in [0.3, 0.4) is 0 Å². The monoisotopic (exact) mass is 485 g/mol. The molecule has 9 heteroatoms. The minimum absolute atomic E-state index is 0.0102. The van der Waals surface area contributed by atoms with Gasteiger partial charge >= 0.3 is 0 Å². The predicted octanol–water partition coefficient (Wildman–Crippen LogP) is 3.54. The average molecular weight is 486 g/mol. The molecule has 2 aliphatic rings. The maximum Gasteiger partial charge on any atom is 0.263 e. The SMILES string of the molecule is COc1ccc(CNC(=O)CSc2nc3sc4c(c3c(=O)n2CC2CCCO2)CCC4)cc1. The number of carbonyl (C=O) groups excluding carboxylic acids is 1. The lowest BCUT2D eigenvalue weighted by atomic mass is 10.2. The number of aryl methyl sites for hydroxylation is 2. The smallest absolute Gasteiger partial charge is 0.263 e. The zero-order chi connectivity index (χ0) is 22.8. The molecule has 5 rings (SSSR count). The molecule has 174 valence electrons. The molecule has 1 atom stereocenters. The Hall–Kier alpha value is -2.36. The second-order valence-corrected chi connectivity index (χ2v) is 10.4. The van der Waals surface area contributed by atoms with Crippen LogP contribution in [0.15, 0.2) is 34.2 Å². The third kappa shape index (κ3) is 4.81. The first-order valence-electron chi connectivity index (χ1n) is 11.3. The van der Waals surface area contributed by atoms with Gasteiger partial charge in [-0.1, -0.05) is 23.9 Å². The number of thiophene rings is 1. The largest absolute Gasteiger partial charge is 0.497 e. The van der Waals surface area contributed by atoms with Crippen molar-refractivity contribution in [1.29, 1.82) is 0 Å². The van der Waals surface area contributed by atoms with Crippen LogP contribution in [0.4, 0.5) is 0 Å². The van der Waals surface area contributed by atoms with Gasteiger partial charge in [-0.3, -0.25) is 14.2 Å². The zero-order valence-electron chi connectivity index (χ0n) is 18.6. The van der Waals surface area contributed by atoms with Crippen molar-refractivity contribution in [3.8, 4) is 5.75 Å². The molecule has 1 aliphatic carbocycles. The van der Waals surface area contributed by atoms with Gasteiger partial charge in [0.2, 0.25) is 5.91 Å². The first-order valence-corrected chi connectivity index (χ1v) is 13.1. The summed E-state index contributed by atoms with van der Waals surface area (Å²) < 4.78 is 12.7. The van der Waals surface area contributed by atoms with Gasteiger partial charge in [0.25, 0.3) is 5.56 Å². The number of carbonyl (C=O) groups is 1. The van der Waals surface area contributed by atoms with Crippen LogP contribution in [-0.4, -0.2) is 41.0 Å². The summed E-state index contributed by atoms with van der Waals surface area (Å²) in [4.78, 5) is 33.0. The Kier molecular flexibility index (Phi) is 6.71. The van der Waals surface area contributed by atoms with Crippen molar-refractivity contribution >= 4 is 39.2 Å². The second-order valence-electron chi connectivity index (χ2n) is 8.40. The molecular formula is C24H27N3O4S2. The van der Waals surface area contributed by atoms with Crippen molar-refractivity contribution in [1.82, 2.24) is 14.9 Å². The van der Waals surface area contributed by atoms with Crippen molar-refractivity contribution in [2.24, 2.45) is 0 Å². The quantitative estimate of drug-likeness (QED) is 0.388. The molecule has 3 heterocycles. The van der Waals surface area contributed by atoms with Gasteiger partial charge in [-0.25, -0.2) is 4.98 Å². The van der Waals surface area contributed by atoms with E-state index >= 15 is 0 Å². The molecule has 1 saturated heterocycles. The Morgan fingerprint density at radius 3 is 2.91 bits per heavy atom. The average Bonchev–Trinajstić information content (AvgIpc) is 3.56. The number of ether oxygens (including phenoxy) is 2. The lowest BCUT2D eigenvalue weighted by Crippen LogP contribution is -2.30. The summed E-state index contributed by atoms with van der Waals surface area (Å²) in [6, 6.07) is 7.60. The minimum Gasteiger partial charge on any atom is -0.497 e. The number of rotatable bonds is 8. The normalized spacial score (nSPS) is 17.4. The first kappa shape index (κ1) is 22.4. The summed E-state index contributed by atoms with van der Waals surface area (Å²) in [7, 11) is 1.63. The molecular weight excluding hydrogens is 458 g/mol. The fourth-order valence-electron chi connectivity index (χ4n) is 4.45. The highest BCUT2D eigenvalue weighted by Crippen LogP contribution is 2.35. The number of methoxy groups -OCH3 is 1. The van der Waals surface area contributed by atoms with Crippen LogP contribution in [0, 0.1) is 0 Å². The van der Waals surface area contributed by atoms with Gasteiger partial charge in [0.05, 0.1) is 30.9 Å². The summed E-state index contributed by atoms with van der Waals surface area (Å²) in [6.07, 6.45) is 5.06. The van der Waals surface area contributed by atoms with Gasteiger partial charge in [0.15, 0.2) is 5.16 Å². The highest BCUT2D eigenvalue weighted by Gasteiger charge is 2.25. The van der Waals surface area contributed by atoms with Crippen LogP contribution >= 0.6 is 23.1 Å². The summed E-state index contributed by atoms with van der Waals surface area (Å²) in [5.74, 6) is 0.887. The van der Waals surface area contributed by atoms with Crippen molar-refractivity contribution in [2.45, 2.75) is 56.5 Å². The van der Waals surface area contributed by atoms with Crippen LogP contribution < -0.4 is 15.6 Å². The van der Waals surface area contributed by atoms with E-state index in [1.165, 1.54) is 22.2 Å². The molecule has 1 amide bonds. The second kappa shape index (κ2) is 9.87. The summed E-state index contributed by atoms with van der Waals surface area (Å²) in [5, 5.41) is 4.32. The molecule has 1 fully saturated rings. The van der Waals surface area contributed by atoms with Crippen molar-refractivity contribution < 1.29 is 14.3 Å². The number of fused-ring (bicyclic) bond motifs is 3. The highest BCUT2D eigenvalue weighted by atomic mass is 32.2. The number of nitrogens with zero attached hydrogens (tertiary/aromatic N) is 2. The van der Waals surface area contributed by atoms with E-state index in [2.05, 4.69) is 5.32 Å². The van der Waals surface area contributed by atoms with E-state index in [0.717, 1.165) is 60.2 Å². The maximum absolute atomic E-state index is 13.5. The first-order chi connectivity index (χ1) is 16.1. The molecule has 33 heavy (non-hydrogen) atoms. The molecule has 1 aliphatic heterocycles.